The lowest BCUT2D eigenvalue weighted by Gasteiger charge is -2.06. The van der Waals surface area contributed by atoms with Crippen molar-refractivity contribution in [1.29, 1.82) is 0 Å². The molecule has 1 heterocycles. The second-order valence-corrected chi connectivity index (χ2v) is 8.75. The second-order valence-electron chi connectivity index (χ2n) is 6.80. The van der Waals surface area contributed by atoms with Crippen LogP contribution >= 0.6 is 27.7 Å². The van der Waals surface area contributed by atoms with E-state index >= 15 is 0 Å². The van der Waals surface area contributed by atoms with Gasteiger partial charge in [-0.2, -0.15) is 0 Å². The number of carbonyl (C=O) groups excluding carboxylic acids is 1. The number of aliphatic imine (C=N–C) groups is 1. The number of rotatable bonds is 6. The average Bonchev–Trinajstić information content (AvgIpc) is 3.13. The number of nitro groups is 2. The highest BCUT2D eigenvalue weighted by molar-refractivity contribution is 9.10. The molecule has 170 valence electrons. The summed E-state index contributed by atoms with van der Waals surface area (Å²) in [6.07, 6.45) is 1.68. The minimum absolute atomic E-state index is 0.124. The Kier molecular flexibility index (Phi) is 6.70. The molecule has 0 spiro atoms. The molecule has 0 radical (unpaired) electrons. The minimum atomic E-state index is -0.746. The van der Waals surface area contributed by atoms with E-state index in [2.05, 4.69) is 26.2 Å². The van der Waals surface area contributed by atoms with Crippen LogP contribution in [0.5, 0.6) is 11.5 Å². The highest BCUT2D eigenvalue weighted by Crippen LogP contribution is 2.35. The number of amidine groups is 1. The van der Waals surface area contributed by atoms with Gasteiger partial charge in [-0.15, -0.1) is 0 Å². The van der Waals surface area contributed by atoms with E-state index in [0.717, 1.165) is 16.6 Å². The van der Waals surface area contributed by atoms with Crippen LogP contribution in [0.2, 0.25) is 0 Å². The van der Waals surface area contributed by atoms with E-state index in [1.807, 2.05) is 24.3 Å². The van der Waals surface area contributed by atoms with Gasteiger partial charge in [0.05, 0.1) is 26.5 Å². The molecule has 0 bridgehead atoms. The van der Waals surface area contributed by atoms with E-state index in [9.17, 15) is 25.0 Å². The van der Waals surface area contributed by atoms with Crippen LogP contribution in [0.3, 0.4) is 0 Å². The molecule has 1 saturated heterocycles. The maximum atomic E-state index is 12.3. The van der Waals surface area contributed by atoms with Crippen molar-refractivity contribution in [2.24, 2.45) is 4.99 Å². The highest BCUT2D eigenvalue weighted by atomic mass is 79.9. The molecule has 3 aromatic carbocycles. The maximum absolute atomic E-state index is 12.3. The molecule has 1 aliphatic heterocycles. The largest absolute Gasteiger partial charge is 0.450 e. The summed E-state index contributed by atoms with van der Waals surface area (Å²) in [7, 11) is 0. The molecule has 34 heavy (non-hydrogen) atoms. The molecule has 1 amide bonds. The van der Waals surface area contributed by atoms with Crippen LogP contribution in [0, 0.1) is 20.2 Å². The molecule has 4 rings (SSSR count). The SMILES string of the molecule is O=C1NC(=Nc2cccc(Br)c2)S/C1=C\c1ccc(Oc2ccc([N+](=O)[O-])cc2[N+](=O)[O-])cc1. The van der Waals surface area contributed by atoms with Crippen molar-refractivity contribution < 1.29 is 19.4 Å². The Bertz CT molecular complexity index is 1370. The van der Waals surface area contributed by atoms with Crippen molar-refractivity contribution in [2.45, 2.75) is 0 Å². The molecular weight excluding hydrogens is 528 g/mol. The Balaban J connectivity index is 1.50. The number of benzene rings is 3. The fraction of sp³-hybridized carbons (Fsp3) is 0. The Labute approximate surface area is 204 Å². The summed E-state index contributed by atoms with van der Waals surface area (Å²) in [5, 5.41) is 25.3. The van der Waals surface area contributed by atoms with Gasteiger partial charge in [0, 0.05) is 10.5 Å². The van der Waals surface area contributed by atoms with Gasteiger partial charge in [-0.3, -0.25) is 25.0 Å². The predicted octanol–water partition coefficient (Wildman–Crippen LogP) is 5.95. The smallest absolute Gasteiger partial charge is 0.318 e. The third-order valence-corrected chi connectivity index (χ3v) is 5.85. The molecule has 0 aliphatic carbocycles. The Morgan fingerprint density at radius 1 is 1.00 bits per heavy atom. The first-order valence-electron chi connectivity index (χ1n) is 9.54. The molecule has 1 fully saturated rings. The van der Waals surface area contributed by atoms with Crippen molar-refractivity contribution >= 4 is 61.9 Å². The number of ether oxygens (including phenoxy) is 1. The normalized spacial score (nSPS) is 15.4. The number of halogens is 1. The third-order valence-electron chi connectivity index (χ3n) is 4.45. The van der Waals surface area contributed by atoms with E-state index < -0.39 is 21.2 Å². The van der Waals surface area contributed by atoms with Gasteiger partial charge in [0.2, 0.25) is 5.75 Å². The third kappa shape index (κ3) is 5.47. The summed E-state index contributed by atoms with van der Waals surface area (Å²) in [5.74, 6) is -0.110. The van der Waals surface area contributed by atoms with Gasteiger partial charge in [-0.05, 0) is 59.8 Å². The van der Waals surface area contributed by atoms with Crippen LogP contribution in [0.15, 0.2) is 81.1 Å². The van der Waals surface area contributed by atoms with Crippen molar-refractivity contribution in [3.63, 3.8) is 0 Å². The standard InChI is InChI=1S/C22H13BrN4O6S/c23-14-2-1-3-15(11-14)24-22-25-21(28)20(34-22)10-13-4-7-17(8-5-13)33-19-9-6-16(26(29)30)12-18(19)27(31)32/h1-12H,(H,24,25,28)/b20-10-. The quantitative estimate of drug-likeness (QED) is 0.231. The van der Waals surface area contributed by atoms with Gasteiger partial charge >= 0.3 is 5.69 Å². The monoisotopic (exact) mass is 540 g/mol. The lowest BCUT2D eigenvalue weighted by molar-refractivity contribution is -0.394. The molecule has 0 unspecified atom stereocenters. The average molecular weight is 541 g/mol. The zero-order valence-corrected chi connectivity index (χ0v) is 19.4. The number of nitrogens with one attached hydrogen (secondary N) is 1. The number of nitro benzene ring substituents is 2. The van der Waals surface area contributed by atoms with E-state index in [1.54, 1.807) is 30.3 Å². The molecule has 1 N–H and O–H groups in total. The van der Waals surface area contributed by atoms with Crippen LogP contribution in [-0.4, -0.2) is 20.9 Å². The zero-order chi connectivity index (χ0) is 24.2. The van der Waals surface area contributed by atoms with Gasteiger partial charge in [0.1, 0.15) is 5.75 Å². The summed E-state index contributed by atoms with van der Waals surface area (Å²) in [4.78, 5) is 37.9. The van der Waals surface area contributed by atoms with Crippen molar-refractivity contribution in [2.75, 3.05) is 0 Å². The second kappa shape index (κ2) is 9.85. The van der Waals surface area contributed by atoms with Gasteiger partial charge in [0.15, 0.2) is 5.17 Å². The first kappa shape index (κ1) is 23.1. The van der Waals surface area contributed by atoms with Crippen LogP contribution in [0.25, 0.3) is 6.08 Å². The van der Waals surface area contributed by atoms with Gasteiger partial charge in [-0.25, -0.2) is 4.99 Å². The zero-order valence-electron chi connectivity index (χ0n) is 17.0. The Morgan fingerprint density at radius 2 is 1.76 bits per heavy atom. The first-order valence-corrected chi connectivity index (χ1v) is 11.2. The van der Waals surface area contributed by atoms with E-state index in [1.165, 1.54) is 17.8 Å². The number of non-ortho nitro benzene ring substituents is 1. The van der Waals surface area contributed by atoms with Crippen molar-refractivity contribution in [1.82, 2.24) is 5.32 Å². The number of amides is 1. The van der Waals surface area contributed by atoms with E-state index in [4.69, 9.17) is 4.74 Å². The van der Waals surface area contributed by atoms with Gasteiger partial charge < -0.3 is 10.1 Å². The molecular formula is C22H13BrN4O6S. The number of carbonyl (C=O) groups is 1. The summed E-state index contributed by atoms with van der Waals surface area (Å²) in [6, 6.07) is 17.0. The van der Waals surface area contributed by atoms with Crippen molar-refractivity contribution in [3.05, 3.63) is 102 Å². The molecule has 1 aliphatic rings. The lowest BCUT2D eigenvalue weighted by Crippen LogP contribution is -2.19. The fourth-order valence-corrected chi connectivity index (χ4v) is 4.13. The maximum Gasteiger partial charge on any atom is 0.318 e. The number of nitrogens with zero attached hydrogens (tertiary/aromatic N) is 3. The Hall–Kier alpha value is -4.03. The van der Waals surface area contributed by atoms with Crippen molar-refractivity contribution in [3.8, 4) is 11.5 Å². The molecule has 12 heteroatoms. The lowest BCUT2D eigenvalue weighted by atomic mass is 10.2. The fourth-order valence-electron chi connectivity index (χ4n) is 2.90. The molecule has 10 nitrogen and oxygen atoms in total. The molecule has 0 saturated carbocycles. The highest BCUT2D eigenvalue weighted by Gasteiger charge is 2.24. The topological polar surface area (TPSA) is 137 Å². The summed E-state index contributed by atoms with van der Waals surface area (Å²) < 4.78 is 6.43. The predicted molar refractivity (Wildman–Crippen MR) is 131 cm³/mol. The Morgan fingerprint density at radius 3 is 2.44 bits per heavy atom. The van der Waals surface area contributed by atoms with E-state index in [0.29, 0.717) is 27.1 Å². The van der Waals surface area contributed by atoms with Crippen LogP contribution in [-0.2, 0) is 4.79 Å². The number of hydrogen-bond acceptors (Lipinski definition) is 8. The van der Waals surface area contributed by atoms with Gasteiger partial charge in [-0.1, -0.05) is 34.1 Å². The van der Waals surface area contributed by atoms with Crippen LogP contribution < -0.4 is 10.1 Å². The summed E-state index contributed by atoms with van der Waals surface area (Å²) >= 11 is 4.58. The molecule has 3 aromatic rings. The summed E-state index contributed by atoms with van der Waals surface area (Å²) in [5.41, 5.74) is 0.472. The first-order chi connectivity index (χ1) is 16.3. The van der Waals surface area contributed by atoms with Crippen LogP contribution in [0.1, 0.15) is 5.56 Å². The minimum Gasteiger partial charge on any atom is -0.450 e. The summed E-state index contributed by atoms with van der Waals surface area (Å²) in [6.45, 7) is 0. The molecule has 0 aromatic heterocycles. The van der Waals surface area contributed by atoms with Gasteiger partial charge in [0.25, 0.3) is 11.6 Å². The number of hydrogen-bond donors (Lipinski definition) is 1. The number of thioether (sulfide) groups is 1. The van der Waals surface area contributed by atoms with Crippen LogP contribution in [0.4, 0.5) is 17.1 Å². The molecule has 0 atom stereocenters. The van der Waals surface area contributed by atoms with E-state index in [-0.39, 0.29) is 11.7 Å².